The van der Waals surface area contributed by atoms with E-state index in [0.29, 0.717) is 21.7 Å². The van der Waals surface area contributed by atoms with Gasteiger partial charge < -0.3 is 20.8 Å². The first-order valence-electron chi connectivity index (χ1n) is 10.1. The SMILES string of the molecule is COc1cccc2[nH]c(C(=O)NC(CC(C)C)C(=O)NN(CCC(N)=O)C(=O)CF)cc12. The maximum Gasteiger partial charge on any atom is 0.272 e. The Hall–Kier alpha value is -3.63. The van der Waals surface area contributed by atoms with Crippen LogP contribution in [0.4, 0.5) is 4.39 Å². The fourth-order valence-electron chi connectivity index (χ4n) is 3.11. The number of carbonyl (C=O) groups is 4. The van der Waals surface area contributed by atoms with Gasteiger partial charge in [-0.15, -0.1) is 0 Å². The molecule has 10 nitrogen and oxygen atoms in total. The second kappa shape index (κ2) is 11.1. The van der Waals surface area contributed by atoms with Gasteiger partial charge >= 0.3 is 0 Å². The van der Waals surface area contributed by atoms with Crippen molar-refractivity contribution in [3.63, 3.8) is 0 Å². The van der Waals surface area contributed by atoms with Gasteiger partial charge in [-0.2, -0.15) is 0 Å². The number of benzene rings is 1. The number of hydrogen-bond donors (Lipinski definition) is 4. The van der Waals surface area contributed by atoms with Crippen LogP contribution in [0.5, 0.6) is 5.75 Å². The number of primary amides is 1. The Kier molecular flexibility index (Phi) is 8.56. The maximum absolute atomic E-state index is 12.9. The van der Waals surface area contributed by atoms with Gasteiger partial charge in [0.05, 0.1) is 13.7 Å². The van der Waals surface area contributed by atoms with Crippen LogP contribution in [0.3, 0.4) is 0 Å². The minimum atomic E-state index is -1.36. The lowest BCUT2D eigenvalue weighted by Gasteiger charge is -2.26. The fourth-order valence-corrected chi connectivity index (χ4v) is 3.11. The van der Waals surface area contributed by atoms with Crippen LogP contribution in [-0.4, -0.2) is 60.0 Å². The molecule has 1 aromatic heterocycles. The lowest BCUT2D eigenvalue weighted by Crippen LogP contribution is -2.55. The molecule has 0 saturated carbocycles. The van der Waals surface area contributed by atoms with Crippen LogP contribution >= 0.6 is 0 Å². The molecule has 11 heteroatoms. The van der Waals surface area contributed by atoms with Gasteiger partial charge in [-0.3, -0.25) is 29.6 Å². The summed E-state index contributed by atoms with van der Waals surface area (Å²) in [5.74, 6) is -2.39. The Morgan fingerprint density at radius 1 is 1.25 bits per heavy atom. The van der Waals surface area contributed by atoms with E-state index in [-0.39, 0.29) is 31.0 Å². The van der Waals surface area contributed by atoms with Crippen molar-refractivity contribution in [2.24, 2.45) is 11.7 Å². The summed E-state index contributed by atoms with van der Waals surface area (Å²) in [5.41, 5.74) is 8.26. The Morgan fingerprint density at radius 2 is 1.97 bits per heavy atom. The van der Waals surface area contributed by atoms with Crippen molar-refractivity contribution in [2.45, 2.75) is 32.7 Å². The molecule has 0 aliphatic carbocycles. The number of methoxy groups -OCH3 is 1. The molecule has 5 N–H and O–H groups in total. The minimum Gasteiger partial charge on any atom is -0.496 e. The number of aromatic nitrogens is 1. The van der Waals surface area contributed by atoms with E-state index in [4.69, 9.17) is 10.5 Å². The number of fused-ring (bicyclic) bond motifs is 1. The summed E-state index contributed by atoms with van der Waals surface area (Å²) < 4.78 is 18.2. The van der Waals surface area contributed by atoms with E-state index in [1.54, 1.807) is 24.3 Å². The van der Waals surface area contributed by atoms with Gasteiger partial charge in [0.2, 0.25) is 5.91 Å². The van der Waals surface area contributed by atoms with E-state index in [1.165, 1.54) is 7.11 Å². The number of ether oxygens (including phenoxy) is 1. The Labute approximate surface area is 184 Å². The van der Waals surface area contributed by atoms with E-state index < -0.39 is 36.3 Å². The molecule has 2 rings (SSSR count). The fraction of sp³-hybridized carbons (Fsp3) is 0.429. The summed E-state index contributed by atoms with van der Waals surface area (Å²) in [6, 6.07) is 5.91. The number of alkyl halides is 1. The molecule has 1 aromatic carbocycles. The Morgan fingerprint density at radius 3 is 2.56 bits per heavy atom. The van der Waals surface area contributed by atoms with Gasteiger partial charge in [-0.05, 0) is 30.5 Å². The van der Waals surface area contributed by atoms with Gasteiger partial charge in [-0.25, -0.2) is 4.39 Å². The van der Waals surface area contributed by atoms with E-state index in [9.17, 15) is 23.6 Å². The molecule has 0 radical (unpaired) electrons. The molecule has 4 amide bonds. The number of nitrogens with one attached hydrogen (secondary N) is 3. The summed E-state index contributed by atoms with van der Waals surface area (Å²) in [6.45, 7) is 2.07. The van der Waals surface area contributed by atoms with E-state index in [0.717, 1.165) is 0 Å². The highest BCUT2D eigenvalue weighted by atomic mass is 19.1. The van der Waals surface area contributed by atoms with Gasteiger partial charge in [0.1, 0.15) is 17.5 Å². The summed E-state index contributed by atoms with van der Waals surface area (Å²) in [7, 11) is 1.52. The molecule has 0 aliphatic rings. The van der Waals surface area contributed by atoms with Crippen LogP contribution < -0.4 is 21.2 Å². The van der Waals surface area contributed by atoms with Crippen LogP contribution in [0.25, 0.3) is 10.9 Å². The van der Waals surface area contributed by atoms with Gasteiger partial charge in [0.15, 0.2) is 6.67 Å². The molecule has 1 heterocycles. The summed E-state index contributed by atoms with van der Waals surface area (Å²) in [4.78, 5) is 51.4. The van der Waals surface area contributed by atoms with Crippen LogP contribution in [-0.2, 0) is 14.4 Å². The molecule has 1 atom stereocenters. The molecule has 0 fully saturated rings. The zero-order valence-corrected chi connectivity index (χ0v) is 18.2. The largest absolute Gasteiger partial charge is 0.496 e. The van der Waals surface area contributed by atoms with Crippen molar-refractivity contribution < 1.29 is 28.3 Å². The monoisotopic (exact) mass is 449 g/mol. The predicted molar refractivity (Wildman–Crippen MR) is 115 cm³/mol. The van der Waals surface area contributed by atoms with Crippen molar-refractivity contribution in [3.05, 3.63) is 30.0 Å². The third-order valence-corrected chi connectivity index (χ3v) is 4.66. The number of amides is 4. The second-order valence-corrected chi connectivity index (χ2v) is 7.63. The molecular weight excluding hydrogens is 421 g/mol. The molecule has 0 spiro atoms. The zero-order chi connectivity index (χ0) is 23.8. The number of carbonyl (C=O) groups excluding carboxylic acids is 4. The van der Waals surface area contributed by atoms with Crippen LogP contribution in [0, 0.1) is 5.92 Å². The first kappa shape index (κ1) is 24.6. The number of hydrazine groups is 1. The van der Waals surface area contributed by atoms with Crippen molar-refractivity contribution in [1.82, 2.24) is 20.7 Å². The number of rotatable bonds is 10. The molecule has 2 aromatic rings. The van der Waals surface area contributed by atoms with Crippen LogP contribution in [0.15, 0.2) is 24.3 Å². The average Bonchev–Trinajstić information content (AvgIpc) is 3.19. The van der Waals surface area contributed by atoms with Crippen molar-refractivity contribution in [3.8, 4) is 5.75 Å². The highest BCUT2D eigenvalue weighted by Crippen LogP contribution is 2.26. The number of hydrogen-bond acceptors (Lipinski definition) is 5. The van der Waals surface area contributed by atoms with E-state index in [1.807, 2.05) is 13.8 Å². The quantitative estimate of drug-likeness (QED) is 0.400. The topological polar surface area (TPSA) is 147 Å². The van der Waals surface area contributed by atoms with Crippen molar-refractivity contribution in [2.75, 3.05) is 20.3 Å². The highest BCUT2D eigenvalue weighted by Gasteiger charge is 2.26. The maximum atomic E-state index is 12.9. The molecule has 32 heavy (non-hydrogen) atoms. The van der Waals surface area contributed by atoms with E-state index in [2.05, 4.69) is 15.7 Å². The summed E-state index contributed by atoms with van der Waals surface area (Å²) >= 11 is 0. The zero-order valence-electron chi connectivity index (χ0n) is 18.2. The van der Waals surface area contributed by atoms with Gasteiger partial charge in [-0.1, -0.05) is 19.9 Å². The van der Waals surface area contributed by atoms with Crippen molar-refractivity contribution >= 4 is 34.5 Å². The number of nitrogens with zero attached hydrogens (tertiary/aromatic N) is 1. The summed E-state index contributed by atoms with van der Waals surface area (Å²) in [6.07, 6.45) is -0.00127. The molecule has 0 saturated heterocycles. The third-order valence-electron chi connectivity index (χ3n) is 4.66. The molecule has 1 unspecified atom stereocenters. The first-order chi connectivity index (χ1) is 15.2. The average molecular weight is 449 g/mol. The molecule has 0 bridgehead atoms. The number of H-pyrrole nitrogens is 1. The number of nitrogens with two attached hydrogens (primary N) is 1. The van der Waals surface area contributed by atoms with Gasteiger partial charge in [0.25, 0.3) is 17.7 Å². The Balaban J connectivity index is 2.19. The lowest BCUT2D eigenvalue weighted by molar-refractivity contribution is -0.143. The van der Waals surface area contributed by atoms with Crippen molar-refractivity contribution in [1.29, 1.82) is 0 Å². The first-order valence-corrected chi connectivity index (χ1v) is 10.1. The molecule has 0 aliphatic heterocycles. The van der Waals surface area contributed by atoms with Crippen LogP contribution in [0.1, 0.15) is 37.2 Å². The number of aromatic amines is 1. The second-order valence-electron chi connectivity index (χ2n) is 7.63. The number of halogens is 1. The third kappa shape index (κ3) is 6.43. The highest BCUT2D eigenvalue weighted by molar-refractivity contribution is 6.01. The molecular formula is C21H28FN5O5. The minimum absolute atomic E-state index is 0.0183. The smallest absolute Gasteiger partial charge is 0.272 e. The van der Waals surface area contributed by atoms with Crippen LogP contribution in [0.2, 0.25) is 0 Å². The van der Waals surface area contributed by atoms with E-state index >= 15 is 0 Å². The Bertz CT molecular complexity index is 990. The molecule has 174 valence electrons. The summed E-state index contributed by atoms with van der Waals surface area (Å²) in [5, 5.41) is 4.04. The van der Waals surface area contributed by atoms with Gasteiger partial charge in [0, 0.05) is 17.3 Å². The lowest BCUT2D eigenvalue weighted by atomic mass is 10.0. The standard InChI is InChI=1S/C21H28FN5O5/c1-12(2)9-15(21(31)26-27(19(29)11-22)8-7-18(23)28)25-20(30)16-10-13-14(24-16)5-4-6-17(13)32-3/h4-6,10,12,15,24H,7-9,11H2,1-3H3,(H2,23,28)(H,25,30)(H,26,31). The normalized spacial score (nSPS) is 11.8. The predicted octanol–water partition coefficient (Wildman–Crippen LogP) is 1.03.